The number of carboxylic acids is 1. The van der Waals surface area contributed by atoms with Crippen molar-refractivity contribution in [1.29, 1.82) is 0 Å². The molecular weight excluding hydrogens is 310 g/mol. The van der Waals surface area contributed by atoms with Crippen LogP contribution in [0.1, 0.15) is 50.1 Å². The molecule has 23 heavy (non-hydrogen) atoms. The molecule has 0 atom stereocenters. The van der Waals surface area contributed by atoms with Crippen LogP contribution >= 0.6 is 11.8 Å². The summed E-state index contributed by atoms with van der Waals surface area (Å²) < 4.78 is 0. The van der Waals surface area contributed by atoms with E-state index in [0.717, 1.165) is 36.0 Å². The van der Waals surface area contributed by atoms with Crippen molar-refractivity contribution >= 4 is 23.8 Å². The number of aliphatic carboxylic acids is 1. The number of hydrogen-bond donors (Lipinski definition) is 2. The molecule has 1 aromatic carbocycles. The lowest BCUT2D eigenvalue weighted by Gasteiger charge is -2.05. The largest absolute Gasteiger partial charge is 0.477 e. The Morgan fingerprint density at radius 3 is 2.61 bits per heavy atom. The van der Waals surface area contributed by atoms with Crippen molar-refractivity contribution in [3.05, 3.63) is 46.1 Å². The molecule has 5 nitrogen and oxygen atoms in total. The third kappa shape index (κ3) is 4.96. The highest BCUT2D eigenvalue weighted by Gasteiger charge is 2.13. The van der Waals surface area contributed by atoms with E-state index in [9.17, 15) is 9.90 Å². The van der Waals surface area contributed by atoms with E-state index >= 15 is 0 Å². The second kappa shape index (κ2) is 7.97. The maximum atomic E-state index is 11.5. The minimum absolute atomic E-state index is 0.198. The van der Waals surface area contributed by atoms with Gasteiger partial charge in [-0.3, -0.25) is 5.10 Å². The van der Waals surface area contributed by atoms with Gasteiger partial charge in [0.05, 0.1) is 0 Å². The van der Waals surface area contributed by atoms with Crippen molar-refractivity contribution < 1.29 is 9.90 Å². The van der Waals surface area contributed by atoms with Gasteiger partial charge in [0.2, 0.25) is 5.16 Å². The van der Waals surface area contributed by atoms with E-state index in [2.05, 4.69) is 36.0 Å². The van der Waals surface area contributed by atoms with Crippen LogP contribution in [-0.2, 0) is 11.2 Å². The molecule has 6 heteroatoms. The summed E-state index contributed by atoms with van der Waals surface area (Å²) in [5, 5.41) is 16.7. The molecule has 0 aliphatic heterocycles. The molecule has 0 radical (unpaired) electrons. The molecule has 0 saturated carbocycles. The van der Waals surface area contributed by atoms with E-state index in [1.54, 1.807) is 6.08 Å². The standard InChI is InChI=1S/C17H21N3O2S/c1-4-5-15-18-17(20-19-15)23-14(16(21)22)10-12-6-8-13(9-7-12)11(2)3/h6-11H,4-5H2,1-3H3,(H,21,22)(H,18,19,20)/b14-10-. The number of nitrogens with zero attached hydrogens (tertiary/aromatic N) is 2. The third-order valence-corrected chi connectivity index (χ3v) is 4.19. The molecule has 2 N–H and O–H groups in total. The summed E-state index contributed by atoms with van der Waals surface area (Å²) >= 11 is 1.06. The topological polar surface area (TPSA) is 78.9 Å². The molecule has 2 rings (SSSR count). The van der Waals surface area contributed by atoms with Crippen molar-refractivity contribution in [3.8, 4) is 0 Å². The second-order valence-corrected chi connectivity index (χ2v) is 6.56. The van der Waals surface area contributed by atoms with E-state index in [0.29, 0.717) is 11.1 Å². The Labute approximate surface area is 140 Å². The summed E-state index contributed by atoms with van der Waals surface area (Å²) in [4.78, 5) is 16.0. The molecule has 0 aliphatic carbocycles. The zero-order valence-electron chi connectivity index (χ0n) is 13.5. The first kappa shape index (κ1) is 17.3. The van der Waals surface area contributed by atoms with E-state index in [1.165, 1.54) is 5.56 Å². The van der Waals surface area contributed by atoms with Gasteiger partial charge >= 0.3 is 5.97 Å². The number of thioether (sulfide) groups is 1. The Balaban J connectivity index is 2.18. The van der Waals surface area contributed by atoms with Crippen LogP contribution in [0.25, 0.3) is 6.08 Å². The Bertz CT molecular complexity index is 690. The number of benzene rings is 1. The lowest BCUT2D eigenvalue weighted by molar-refractivity contribution is -0.131. The van der Waals surface area contributed by atoms with E-state index < -0.39 is 5.97 Å². The second-order valence-electron chi connectivity index (χ2n) is 5.55. The summed E-state index contributed by atoms with van der Waals surface area (Å²) in [7, 11) is 0. The van der Waals surface area contributed by atoms with Crippen molar-refractivity contribution in [2.75, 3.05) is 0 Å². The molecule has 0 aliphatic rings. The van der Waals surface area contributed by atoms with Gasteiger partial charge in [-0.1, -0.05) is 45.0 Å². The molecule has 0 fully saturated rings. The van der Waals surface area contributed by atoms with Crippen LogP contribution in [0, 0.1) is 0 Å². The molecular formula is C17H21N3O2S. The Kier molecular flexibility index (Phi) is 5.98. The Morgan fingerprint density at radius 1 is 1.35 bits per heavy atom. The molecule has 122 valence electrons. The normalized spacial score (nSPS) is 11.9. The maximum Gasteiger partial charge on any atom is 0.342 e. The molecule has 0 spiro atoms. The average molecular weight is 331 g/mol. The fraction of sp³-hybridized carbons (Fsp3) is 0.353. The highest BCUT2D eigenvalue weighted by Crippen LogP contribution is 2.26. The first-order chi connectivity index (χ1) is 11.0. The maximum absolute atomic E-state index is 11.5. The van der Waals surface area contributed by atoms with Crippen molar-refractivity contribution in [2.24, 2.45) is 0 Å². The van der Waals surface area contributed by atoms with Gasteiger partial charge in [0, 0.05) is 6.42 Å². The fourth-order valence-corrected chi connectivity index (χ4v) is 2.76. The fourth-order valence-electron chi connectivity index (χ4n) is 2.03. The number of rotatable bonds is 7. The van der Waals surface area contributed by atoms with Crippen LogP contribution in [0.5, 0.6) is 0 Å². The molecule has 0 amide bonds. The van der Waals surface area contributed by atoms with Crippen molar-refractivity contribution in [1.82, 2.24) is 15.2 Å². The summed E-state index contributed by atoms with van der Waals surface area (Å²) in [6.07, 6.45) is 3.41. The van der Waals surface area contributed by atoms with Crippen LogP contribution < -0.4 is 0 Å². The van der Waals surface area contributed by atoms with Gasteiger partial charge in [-0.2, -0.15) is 0 Å². The zero-order chi connectivity index (χ0) is 16.8. The highest BCUT2D eigenvalue weighted by molar-refractivity contribution is 8.04. The van der Waals surface area contributed by atoms with E-state index in [4.69, 9.17) is 0 Å². The van der Waals surface area contributed by atoms with E-state index in [-0.39, 0.29) is 4.91 Å². The number of aromatic nitrogens is 3. The summed E-state index contributed by atoms with van der Waals surface area (Å²) in [5.41, 5.74) is 2.08. The monoisotopic (exact) mass is 331 g/mol. The molecule has 1 aromatic heterocycles. The van der Waals surface area contributed by atoms with Crippen LogP contribution in [-0.4, -0.2) is 26.3 Å². The molecule has 0 unspecified atom stereocenters. The quantitative estimate of drug-likeness (QED) is 0.590. The zero-order valence-corrected chi connectivity index (χ0v) is 14.4. The van der Waals surface area contributed by atoms with Gasteiger partial charge in [-0.15, -0.1) is 5.10 Å². The van der Waals surface area contributed by atoms with Gasteiger partial charge in [-0.25, -0.2) is 9.78 Å². The van der Waals surface area contributed by atoms with Crippen molar-refractivity contribution in [3.63, 3.8) is 0 Å². The lowest BCUT2D eigenvalue weighted by Crippen LogP contribution is -1.97. The van der Waals surface area contributed by atoms with Gasteiger partial charge in [0.15, 0.2) is 0 Å². The Hall–Kier alpha value is -2.08. The summed E-state index contributed by atoms with van der Waals surface area (Å²) in [6, 6.07) is 7.90. The number of nitrogens with one attached hydrogen (secondary N) is 1. The Morgan fingerprint density at radius 2 is 2.04 bits per heavy atom. The predicted molar refractivity (Wildman–Crippen MR) is 92.4 cm³/mol. The molecule has 0 bridgehead atoms. The number of H-pyrrole nitrogens is 1. The molecule has 1 heterocycles. The van der Waals surface area contributed by atoms with Gasteiger partial charge < -0.3 is 5.11 Å². The first-order valence-corrected chi connectivity index (χ1v) is 8.45. The van der Waals surface area contributed by atoms with Gasteiger partial charge in [0.25, 0.3) is 0 Å². The van der Waals surface area contributed by atoms with Gasteiger partial charge in [0.1, 0.15) is 10.7 Å². The summed E-state index contributed by atoms with van der Waals surface area (Å²) in [5.74, 6) is 0.248. The van der Waals surface area contributed by atoms with Crippen LogP contribution in [0.3, 0.4) is 0 Å². The minimum atomic E-state index is -0.982. The number of carbonyl (C=O) groups is 1. The number of hydrogen-bond acceptors (Lipinski definition) is 4. The van der Waals surface area contributed by atoms with E-state index in [1.807, 2.05) is 24.3 Å². The van der Waals surface area contributed by atoms with Crippen LogP contribution in [0.15, 0.2) is 34.3 Å². The number of aromatic amines is 1. The number of aryl methyl sites for hydroxylation is 1. The molecule has 2 aromatic rings. The summed E-state index contributed by atoms with van der Waals surface area (Å²) in [6.45, 7) is 6.31. The smallest absolute Gasteiger partial charge is 0.342 e. The van der Waals surface area contributed by atoms with Crippen molar-refractivity contribution in [2.45, 2.75) is 44.7 Å². The molecule has 0 saturated heterocycles. The predicted octanol–water partition coefficient (Wildman–Crippen LogP) is 4.10. The third-order valence-electron chi connectivity index (χ3n) is 3.31. The lowest BCUT2D eigenvalue weighted by atomic mass is 10.0. The van der Waals surface area contributed by atoms with Gasteiger partial charge in [-0.05, 0) is 41.3 Å². The minimum Gasteiger partial charge on any atom is -0.477 e. The van der Waals surface area contributed by atoms with Crippen LogP contribution in [0.4, 0.5) is 0 Å². The first-order valence-electron chi connectivity index (χ1n) is 7.63. The van der Waals surface area contributed by atoms with Crippen LogP contribution in [0.2, 0.25) is 0 Å². The SMILES string of the molecule is CCCc1nc(S/C(=C\c2ccc(C(C)C)cc2)C(=O)O)n[nH]1. The number of carboxylic acid groups (broad SMARTS) is 1. The average Bonchev–Trinajstić information content (AvgIpc) is 2.95. The highest BCUT2D eigenvalue weighted by atomic mass is 32.2.